The highest BCUT2D eigenvalue weighted by Crippen LogP contribution is 2.18. The van der Waals surface area contributed by atoms with Crippen LogP contribution in [-0.4, -0.2) is 19.1 Å². The van der Waals surface area contributed by atoms with Crippen molar-refractivity contribution in [3.63, 3.8) is 0 Å². The van der Waals surface area contributed by atoms with Crippen molar-refractivity contribution in [1.82, 2.24) is 0 Å². The van der Waals surface area contributed by atoms with Crippen molar-refractivity contribution in [3.05, 3.63) is 35.9 Å². The highest BCUT2D eigenvalue weighted by atomic mass is 19.4. The van der Waals surface area contributed by atoms with E-state index in [0.717, 1.165) is 6.08 Å². The molecule has 1 aromatic carbocycles. The minimum atomic E-state index is -4.82. The summed E-state index contributed by atoms with van der Waals surface area (Å²) in [5.74, 6) is -1.36. The zero-order valence-corrected chi connectivity index (χ0v) is 8.41. The number of alkyl halides is 3. The van der Waals surface area contributed by atoms with E-state index in [-0.39, 0.29) is 0 Å². The van der Waals surface area contributed by atoms with Crippen LogP contribution < -0.4 is 4.74 Å². The molecule has 1 aromatic rings. The average Bonchev–Trinajstić information content (AvgIpc) is 2.25. The van der Waals surface area contributed by atoms with E-state index in [1.807, 2.05) is 0 Å². The first-order valence-electron chi connectivity index (χ1n) is 4.37. The maximum Gasteiger partial charge on any atom is 0.454 e. The smallest absolute Gasteiger partial charge is 0.454 e. The molecule has 0 spiro atoms. The molecule has 0 unspecified atom stereocenters. The fourth-order valence-electron chi connectivity index (χ4n) is 1.01. The standard InChI is InChI=1S/C11H9F3O2/c1-16-9-4-2-3-8(7-9)5-6-10(15)11(12,13)14/h2-7H,1H3/b6-5+. The van der Waals surface area contributed by atoms with Gasteiger partial charge in [0, 0.05) is 0 Å². The Labute approximate surface area is 90.3 Å². The topological polar surface area (TPSA) is 26.3 Å². The summed E-state index contributed by atoms with van der Waals surface area (Å²) in [5.41, 5.74) is 0.469. The lowest BCUT2D eigenvalue weighted by Crippen LogP contribution is -2.19. The minimum absolute atomic E-state index is 0.469. The molecule has 0 fully saturated rings. The molecule has 1 rings (SSSR count). The molecule has 0 saturated carbocycles. The fourth-order valence-corrected chi connectivity index (χ4v) is 1.01. The Balaban J connectivity index is 2.80. The van der Waals surface area contributed by atoms with E-state index in [9.17, 15) is 18.0 Å². The van der Waals surface area contributed by atoms with Crippen molar-refractivity contribution in [3.8, 4) is 5.75 Å². The summed E-state index contributed by atoms with van der Waals surface area (Å²) >= 11 is 0. The highest BCUT2D eigenvalue weighted by molar-refractivity contribution is 5.97. The summed E-state index contributed by atoms with van der Waals surface area (Å²) in [7, 11) is 1.45. The molecule has 0 aliphatic carbocycles. The van der Waals surface area contributed by atoms with Crippen molar-refractivity contribution < 1.29 is 22.7 Å². The van der Waals surface area contributed by atoms with Gasteiger partial charge in [-0.3, -0.25) is 4.79 Å². The number of carbonyl (C=O) groups is 1. The number of ether oxygens (including phenoxy) is 1. The van der Waals surface area contributed by atoms with E-state index in [1.165, 1.54) is 13.2 Å². The Morgan fingerprint density at radius 2 is 2.06 bits per heavy atom. The van der Waals surface area contributed by atoms with Crippen LogP contribution in [0, 0.1) is 0 Å². The molecule has 0 atom stereocenters. The van der Waals surface area contributed by atoms with Gasteiger partial charge in [0.15, 0.2) is 0 Å². The van der Waals surface area contributed by atoms with Gasteiger partial charge >= 0.3 is 6.18 Å². The van der Waals surface area contributed by atoms with Gasteiger partial charge in [-0.05, 0) is 23.8 Å². The molecule has 0 aliphatic rings. The minimum Gasteiger partial charge on any atom is -0.497 e. The molecular formula is C11H9F3O2. The molecule has 0 aliphatic heterocycles. The number of rotatable bonds is 3. The normalized spacial score (nSPS) is 11.8. The van der Waals surface area contributed by atoms with Crippen LogP contribution >= 0.6 is 0 Å². The van der Waals surface area contributed by atoms with Gasteiger partial charge in [-0.1, -0.05) is 18.2 Å². The number of allylic oxidation sites excluding steroid dienone is 1. The number of methoxy groups -OCH3 is 1. The van der Waals surface area contributed by atoms with E-state index < -0.39 is 12.0 Å². The third kappa shape index (κ3) is 3.42. The molecule has 0 radical (unpaired) electrons. The van der Waals surface area contributed by atoms with Crippen molar-refractivity contribution in [2.45, 2.75) is 6.18 Å². The monoisotopic (exact) mass is 230 g/mol. The molecule has 5 heteroatoms. The maximum atomic E-state index is 11.9. The Hall–Kier alpha value is -1.78. The second-order valence-electron chi connectivity index (χ2n) is 2.97. The first kappa shape index (κ1) is 12.3. The Morgan fingerprint density at radius 3 is 2.62 bits per heavy atom. The lowest BCUT2D eigenvalue weighted by atomic mass is 10.2. The van der Waals surface area contributed by atoms with Gasteiger partial charge in [-0.2, -0.15) is 13.2 Å². The van der Waals surface area contributed by atoms with Crippen LogP contribution in [0.3, 0.4) is 0 Å². The van der Waals surface area contributed by atoms with Crippen LogP contribution in [0.25, 0.3) is 6.08 Å². The highest BCUT2D eigenvalue weighted by Gasteiger charge is 2.35. The fraction of sp³-hybridized carbons (Fsp3) is 0.182. The van der Waals surface area contributed by atoms with Crippen LogP contribution in [0.4, 0.5) is 13.2 Å². The number of carbonyl (C=O) groups excluding carboxylic acids is 1. The Bertz CT molecular complexity index is 408. The molecule has 2 nitrogen and oxygen atoms in total. The summed E-state index contributed by atoms with van der Waals surface area (Å²) in [6.07, 6.45) is -3.23. The van der Waals surface area contributed by atoms with Crippen LogP contribution in [0.5, 0.6) is 5.75 Å². The quantitative estimate of drug-likeness (QED) is 0.746. The van der Waals surface area contributed by atoms with E-state index in [0.29, 0.717) is 17.4 Å². The molecule has 0 N–H and O–H groups in total. The number of halogens is 3. The molecule has 0 heterocycles. The van der Waals surface area contributed by atoms with Gasteiger partial charge in [0.1, 0.15) is 5.75 Å². The molecule has 86 valence electrons. The van der Waals surface area contributed by atoms with Crippen molar-refractivity contribution in [2.75, 3.05) is 7.11 Å². The lowest BCUT2D eigenvalue weighted by Gasteiger charge is -2.01. The van der Waals surface area contributed by atoms with Crippen LogP contribution in [0.2, 0.25) is 0 Å². The number of hydrogen-bond acceptors (Lipinski definition) is 2. The van der Waals surface area contributed by atoms with E-state index in [1.54, 1.807) is 18.2 Å². The van der Waals surface area contributed by atoms with Gasteiger partial charge < -0.3 is 4.74 Å². The average molecular weight is 230 g/mol. The largest absolute Gasteiger partial charge is 0.497 e. The third-order valence-corrected chi connectivity index (χ3v) is 1.80. The zero-order chi connectivity index (χ0) is 12.2. The predicted octanol–water partition coefficient (Wildman–Crippen LogP) is 2.84. The lowest BCUT2D eigenvalue weighted by molar-refractivity contribution is -0.165. The molecule has 0 bridgehead atoms. The first-order chi connectivity index (χ1) is 7.43. The second kappa shape index (κ2) is 4.83. The van der Waals surface area contributed by atoms with E-state index in [2.05, 4.69) is 0 Å². The van der Waals surface area contributed by atoms with Crippen molar-refractivity contribution in [2.24, 2.45) is 0 Å². The summed E-state index contributed by atoms with van der Waals surface area (Å²) < 4.78 is 40.5. The van der Waals surface area contributed by atoms with E-state index in [4.69, 9.17) is 4.74 Å². The summed E-state index contributed by atoms with van der Waals surface area (Å²) in [6.45, 7) is 0. The zero-order valence-electron chi connectivity index (χ0n) is 8.41. The number of hydrogen-bond donors (Lipinski definition) is 0. The van der Waals surface area contributed by atoms with Gasteiger partial charge in [-0.25, -0.2) is 0 Å². The summed E-state index contributed by atoms with van der Waals surface area (Å²) in [6, 6.07) is 6.38. The molecular weight excluding hydrogens is 221 g/mol. The SMILES string of the molecule is COc1cccc(/C=C/C(=O)C(F)(F)F)c1. The van der Waals surface area contributed by atoms with Gasteiger partial charge in [0.2, 0.25) is 0 Å². The summed E-state index contributed by atoms with van der Waals surface area (Å²) in [4.78, 5) is 10.5. The van der Waals surface area contributed by atoms with Gasteiger partial charge in [0.25, 0.3) is 5.78 Å². The molecule has 16 heavy (non-hydrogen) atoms. The van der Waals surface area contributed by atoms with E-state index >= 15 is 0 Å². The number of ketones is 1. The number of benzene rings is 1. The van der Waals surface area contributed by atoms with Gasteiger partial charge in [0.05, 0.1) is 7.11 Å². The molecule has 0 aromatic heterocycles. The maximum absolute atomic E-state index is 11.9. The Morgan fingerprint density at radius 1 is 1.38 bits per heavy atom. The van der Waals surface area contributed by atoms with Crippen molar-refractivity contribution >= 4 is 11.9 Å². The van der Waals surface area contributed by atoms with Crippen LogP contribution in [-0.2, 0) is 4.79 Å². The predicted molar refractivity (Wildman–Crippen MR) is 53.1 cm³/mol. The third-order valence-electron chi connectivity index (χ3n) is 1.80. The molecule has 0 amide bonds. The summed E-state index contributed by atoms with van der Waals surface area (Å²) in [5, 5.41) is 0. The van der Waals surface area contributed by atoms with Crippen LogP contribution in [0.15, 0.2) is 30.3 Å². The second-order valence-corrected chi connectivity index (χ2v) is 2.97. The first-order valence-corrected chi connectivity index (χ1v) is 4.37. The van der Waals surface area contributed by atoms with Gasteiger partial charge in [-0.15, -0.1) is 0 Å². The van der Waals surface area contributed by atoms with Crippen LogP contribution in [0.1, 0.15) is 5.56 Å². The Kier molecular flexibility index (Phi) is 3.71. The molecule has 0 saturated heterocycles. The van der Waals surface area contributed by atoms with Crippen molar-refractivity contribution in [1.29, 1.82) is 0 Å².